The number of thiophene rings is 1. The van der Waals surface area contributed by atoms with Crippen LogP contribution < -0.4 is 4.74 Å². The largest absolute Gasteiger partial charge is 0.438 e. The number of nitrogens with zero attached hydrogens (tertiary/aromatic N) is 2. The Labute approximate surface area is 233 Å². The summed E-state index contributed by atoms with van der Waals surface area (Å²) in [5, 5.41) is 9.99. The van der Waals surface area contributed by atoms with Crippen LogP contribution in [-0.2, 0) is 0 Å². The number of ether oxygens (including phenoxy) is 1. The molecule has 0 saturated carbocycles. The Balaban J connectivity index is 1.38. The van der Waals surface area contributed by atoms with E-state index in [9.17, 15) is 0 Å². The van der Waals surface area contributed by atoms with E-state index in [4.69, 9.17) is 9.73 Å². The Kier molecular flexibility index (Phi) is 4.41. The van der Waals surface area contributed by atoms with Crippen molar-refractivity contribution >= 4 is 86.8 Å². The van der Waals surface area contributed by atoms with Crippen LogP contribution in [-0.4, -0.2) is 10.9 Å². The zero-order valence-electron chi connectivity index (χ0n) is 21.7. The van der Waals surface area contributed by atoms with Crippen LogP contribution in [0.2, 0.25) is 0 Å². The van der Waals surface area contributed by atoms with E-state index < -0.39 is 0 Å². The molecule has 0 amide bonds. The first-order valence-corrected chi connectivity index (χ1v) is 14.3. The SMILES string of the molecule is CC1=C(/N=C/n2c3ccccc3c3c4ccccc4c4c5ccccc5sc4c32)Oc2cccc3cccc1c23. The maximum absolute atomic E-state index is 6.42. The van der Waals surface area contributed by atoms with Crippen LogP contribution in [0.1, 0.15) is 12.5 Å². The van der Waals surface area contributed by atoms with Crippen molar-refractivity contribution in [2.24, 2.45) is 4.99 Å². The fourth-order valence-corrected chi connectivity index (χ4v) is 7.78. The molecule has 3 nitrogen and oxygen atoms in total. The number of aliphatic imine (C=N–C) groups is 1. The third-order valence-corrected chi connectivity index (χ3v) is 9.45. The van der Waals surface area contributed by atoms with E-state index >= 15 is 0 Å². The summed E-state index contributed by atoms with van der Waals surface area (Å²) in [5.41, 5.74) is 4.54. The fraction of sp³-hybridized carbons (Fsp3) is 0.0278. The van der Waals surface area contributed by atoms with Crippen LogP contribution in [0.25, 0.3) is 69.1 Å². The van der Waals surface area contributed by atoms with Crippen molar-refractivity contribution in [2.45, 2.75) is 6.92 Å². The molecule has 0 radical (unpaired) electrons. The van der Waals surface area contributed by atoms with Gasteiger partial charge in [-0.1, -0.05) is 91.0 Å². The second kappa shape index (κ2) is 8.04. The molecule has 1 aliphatic rings. The minimum Gasteiger partial charge on any atom is -0.438 e. The number of hydrogen-bond acceptors (Lipinski definition) is 3. The van der Waals surface area contributed by atoms with E-state index in [1.807, 2.05) is 29.8 Å². The first-order chi connectivity index (χ1) is 19.8. The van der Waals surface area contributed by atoms with Crippen molar-refractivity contribution in [3.05, 3.63) is 121 Å². The maximum atomic E-state index is 6.42. The van der Waals surface area contributed by atoms with Gasteiger partial charge in [-0.3, -0.25) is 4.57 Å². The number of fused-ring (bicyclic) bond motifs is 10. The normalized spacial score (nSPS) is 13.6. The van der Waals surface area contributed by atoms with Gasteiger partial charge in [0.1, 0.15) is 12.1 Å². The first kappa shape index (κ1) is 21.9. The molecule has 9 rings (SSSR count). The quantitative estimate of drug-likeness (QED) is 0.161. The standard InChI is InChI=1S/C36H22N2OS/c1-21-23-16-8-10-22-11-9-18-29(31(22)23)39-36(21)37-20-38-28-17-6-4-14-26(28)32-24-12-2-3-13-25(24)33-27-15-5-7-19-30(27)40-35(33)34(32)38/h2-20H,1H3/b37-20+. The number of benzene rings is 6. The van der Waals surface area contributed by atoms with Crippen LogP contribution in [0.15, 0.2) is 120 Å². The Morgan fingerprint density at radius 1 is 0.675 bits per heavy atom. The van der Waals surface area contributed by atoms with Gasteiger partial charge in [0, 0.05) is 37.2 Å². The van der Waals surface area contributed by atoms with Crippen LogP contribution in [0.4, 0.5) is 0 Å². The highest BCUT2D eigenvalue weighted by Gasteiger charge is 2.22. The summed E-state index contributed by atoms with van der Waals surface area (Å²) in [5.74, 6) is 1.48. The highest BCUT2D eigenvalue weighted by Crippen LogP contribution is 2.46. The maximum Gasteiger partial charge on any atom is 0.224 e. The molecule has 40 heavy (non-hydrogen) atoms. The Hall–Kier alpha value is -4.93. The molecule has 0 bridgehead atoms. The third-order valence-electron chi connectivity index (χ3n) is 8.28. The van der Waals surface area contributed by atoms with Crippen molar-refractivity contribution in [1.29, 1.82) is 0 Å². The summed E-state index contributed by atoms with van der Waals surface area (Å²) in [4.78, 5) is 5.03. The predicted octanol–water partition coefficient (Wildman–Crippen LogP) is 10.1. The summed E-state index contributed by atoms with van der Waals surface area (Å²) in [6.45, 7) is 2.10. The minimum absolute atomic E-state index is 0.630. The molecule has 6 aromatic carbocycles. The summed E-state index contributed by atoms with van der Waals surface area (Å²) in [6.07, 6.45) is 1.95. The number of aromatic nitrogens is 1. The number of rotatable bonds is 2. The smallest absolute Gasteiger partial charge is 0.224 e. The van der Waals surface area contributed by atoms with E-state index in [0.29, 0.717) is 5.88 Å². The second-order valence-electron chi connectivity index (χ2n) is 10.4. The Morgan fingerprint density at radius 2 is 1.38 bits per heavy atom. The molecule has 188 valence electrons. The Bertz CT molecular complexity index is 2420. The number of hydrogen-bond donors (Lipinski definition) is 0. The highest BCUT2D eigenvalue weighted by atomic mass is 32.1. The first-order valence-electron chi connectivity index (χ1n) is 13.5. The zero-order chi connectivity index (χ0) is 26.4. The lowest BCUT2D eigenvalue weighted by Gasteiger charge is -2.20. The Morgan fingerprint density at radius 3 is 2.23 bits per heavy atom. The summed E-state index contributed by atoms with van der Waals surface area (Å²) < 4.78 is 11.3. The summed E-state index contributed by atoms with van der Waals surface area (Å²) in [6, 6.07) is 38.8. The topological polar surface area (TPSA) is 26.5 Å². The van der Waals surface area contributed by atoms with Gasteiger partial charge in [0.2, 0.25) is 5.88 Å². The lowest BCUT2D eigenvalue weighted by Crippen LogP contribution is -2.05. The van der Waals surface area contributed by atoms with Gasteiger partial charge in [0.15, 0.2) is 0 Å². The minimum atomic E-state index is 0.630. The lowest BCUT2D eigenvalue weighted by atomic mass is 9.97. The molecule has 0 N–H and O–H groups in total. The van der Waals surface area contributed by atoms with E-state index in [1.165, 1.54) is 58.2 Å². The van der Waals surface area contributed by atoms with E-state index in [0.717, 1.165) is 22.2 Å². The molecule has 0 atom stereocenters. The van der Waals surface area contributed by atoms with Crippen LogP contribution in [0.3, 0.4) is 0 Å². The fourth-order valence-electron chi connectivity index (χ4n) is 6.51. The molecule has 2 aromatic heterocycles. The van der Waals surface area contributed by atoms with Gasteiger partial charge in [0.05, 0.1) is 15.7 Å². The van der Waals surface area contributed by atoms with E-state index in [2.05, 4.69) is 109 Å². The van der Waals surface area contributed by atoms with Crippen molar-refractivity contribution in [3.8, 4) is 5.75 Å². The van der Waals surface area contributed by atoms with Crippen LogP contribution in [0.5, 0.6) is 5.75 Å². The second-order valence-corrected chi connectivity index (χ2v) is 11.4. The van der Waals surface area contributed by atoms with Gasteiger partial charge in [-0.05, 0) is 46.8 Å². The molecule has 0 saturated heterocycles. The highest BCUT2D eigenvalue weighted by molar-refractivity contribution is 7.27. The molecule has 0 unspecified atom stereocenters. The monoisotopic (exact) mass is 530 g/mol. The summed E-state index contributed by atoms with van der Waals surface area (Å²) >= 11 is 1.86. The predicted molar refractivity (Wildman–Crippen MR) is 171 cm³/mol. The van der Waals surface area contributed by atoms with Crippen LogP contribution in [0, 0.1) is 0 Å². The molecule has 0 aliphatic carbocycles. The lowest BCUT2D eigenvalue weighted by molar-refractivity contribution is 0.425. The molecule has 0 spiro atoms. The van der Waals surface area contributed by atoms with Gasteiger partial charge >= 0.3 is 0 Å². The van der Waals surface area contributed by atoms with Gasteiger partial charge in [-0.2, -0.15) is 0 Å². The molecule has 3 heterocycles. The van der Waals surface area contributed by atoms with Crippen molar-refractivity contribution in [1.82, 2.24) is 4.57 Å². The van der Waals surface area contributed by atoms with Gasteiger partial charge < -0.3 is 4.74 Å². The van der Waals surface area contributed by atoms with E-state index in [1.54, 1.807) is 0 Å². The molecular weight excluding hydrogens is 508 g/mol. The van der Waals surface area contributed by atoms with Gasteiger partial charge in [-0.25, -0.2) is 4.99 Å². The summed E-state index contributed by atoms with van der Waals surface area (Å²) in [7, 11) is 0. The molecular formula is C36H22N2OS. The average molecular weight is 531 g/mol. The van der Waals surface area contributed by atoms with Crippen molar-refractivity contribution < 1.29 is 4.74 Å². The molecule has 8 aromatic rings. The molecule has 1 aliphatic heterocycles. The van der Waals surface area contributed by atoms with E-state index in [-0.39, 0.29) is 0 Å². The van der Waals surface area contributed by atoms with Gasteiger partial charge in [0.25, 0.3) is 0 Å². The molecule has 4 heteroatoms. The number of allylic oxidation sites excluding steroid dienone is 1. The van der Waals surface area contributed by atoms with Crippen LogP contribution >= 0.6 is 11.3 Å². The zero-order valence-corrected chi connectivity index (χ0v) is 22.5. The molecule has 0 fully saturated rings. The van der Waals surface area contributed by atoms with Crippen molar-refractivity contribution in [2.75, 3.05) is 0 Å². The van der Waals surface area contributed by atoms with Gasteiger partial charge in [-0.15, -0.1) is 11.3 Å². The van der Waals surface area contributed by atoms with Crippen molar-refractivity contribution in [3.63, 3.8) is 0 Å². The third kappa shape index (κ3) is 2.86. The average Bonchev–Trinajstić information content (AvgIpc) is 3.55. The number of para-hydroxylation sites is 1.